The van der Waals surface area contributed by atoms with Crippen LogP contribution in [0.1, 0.15) is 11.6 Å². The number of hydrogen-bond acceptors (Lipinski definition) is 5. The molecule has 126 valence electrons. The fourth-order valence-corrected chi connectivity index (χ4v) is 4.71. The molecule has 2 rings (SSSR count). The number of sulfonamides is 1. The highest BCUT2D eigenvalue weighted by atomic mass is 35.5. The summed E-state index contributed by atoms with van der Waals surface area (Å²) in [5, 5.41) is 0. The lowest BCUT2D eigenvalue weighted by Crippen LogP contribution is -2.34. The Kier molecular flexibility index (Phi) is 6.05. The number of methoxy groups -OCH3 is 1. The van der Waals surface area contributed by atoms with Crippen molar-refractivity contribution in [1.29, 1.82) is 0 Å². The van der Waals surface area contributed by atoms with Crippen LogP contribution in [0.5, 0.6) is 5.75 Å². The molecule has 1 aromatic heterocycles. The molecule has 1 atom stereocenters. The van der Waals surface area contributed by atoms with Gasteiger partial charge in [0, 0.05) is 12.6 Å². The predicted octanol–water partition coefficient (Wildman–Crippen LogP) is 2.99. The molecular weight excluding hydrogens is 356 g/mol. The second kappa shape index (κ2) is 7.63. The summed E-state index contributed by atoms with van der Waals surface area (Å²) >= 11 is 6.85. The molecule has 0 amide bonds. The molecule has 0 radical (unpaired) electrons. The largest absolute Gasteiger partial charge is 0.497 e. The normalized spacial score (nSPS) is 13.3. The Labute approximate surface area is 145 Å². The summed E-state index contributed by atoms with van der Waals surface area (Å²) in [6.45, 7) is 0.248. The van der Waals surface area contributed by atoms with Gasteiger partial charge in [0.25, 0.3) is 0 Å². The van der Waals surface area contributed by atoms with Gasteiger partial charge in [-0.15, -0.1) is 11.3 Å². The van der Waals surface area contributed by atoms with Gasteiger partial charge in [0.2, 0.25) is 10.0 Å². The number of halogens is 1. The number of benzene rings is 1. The molecule has 0 saturated heterocycles. The Morgan fingerprint density at radius 2 is 2.04 bits per heavy atom. The van der Waals surface area contributed by atoms with Crippen LogP contribution >= 0.6 is 22.9 Å². The monoisotopic (exact) mass is 374 g/mol. The van der Waals surface area contributed by atoms with E-state index >= 15 is 0 Å². The molecule has 2 aromatic rings. The van der Waals surface area contributed by atoms with E-state index in [4.69, 9.17) is 16.3 Å². The van der Waals surface area contributed by atoms with Gasteiger partial charge in [0.15, 0.2) is 0 Å². The summed E-state index contributed by atoms with van der Waals surface area (Å²) in [6, 6.07) is 10.6. The Bertz CT molecular complexity index is 760. The van der Waals surface area contributed by atoms with Crippen molar-refractivity contribution in [2.45, 2.75) is 10.3 Å². The number of hydrogen-bond donors (Lipinski definition) is 1. The van der Waals surface area contributed by atoms with E-state index in [1.807, 2.05) is 43.3 Å². The van der Waals surface area contributed by atoms with Crippen LogP contribution in [0.15, 0.2) is 40.6 Å². The van der Waals surface area contributed by atoms with E-state index in [1.165, 1.54) is 6.07 Å². The van der Waals surface area contributed by atoms with Gasteiger partial charge in [0.1, 0.15) is 9.96 Å². The minimum atomic E-state index is -3.57. The average Bonchev–Trinajstić information content (AvgIpc) is 2.95. The van der Waals surface area contributed by atoms with Crippen LogP contribution in [0.25, 0.3) is 0 Å². The lowest BCUT2D eigenvalue weighted by molar-refractivity contribution is 0.298. The molecule has 23 heavy (non-hydrogen) atoms. The van der Waals surface area contributed by atoms with Gasteiger partial charge in [-0.25, -0.2) is 13.1 Å². The van der Waals surface area contributed by atoms with Gasteiger partial charge in [0.05, 0.1) is 11.4 Å². The highest BCUT2D eigenvalue weighted by Crippen LogP contribution is 2.26. The molecule has 1 N–H and O–H groups in total. The first-order chi connectivity index (χ1) is 10.8. The highest BCUT2D eigenvalue weighted by Gasteiger charge is 2.21. The molecule has 0 aliphatic carbocycles. The lowest BCUT2D eigenvalue weighted by atomic mass is 10.1. The molecule has 0 aliphatic heterocycles. The Balaban J connectivity index is 2.17. The van der Waals surface area contributed by atoms with Gasteiger partial charge in [-0.2, -0.15) is 0 Å². The van der Waals surface area contributed by atoms with Crippen LogP contribution in [-0.2, 0) is 10.0 Å². The Morgan fingerprint density at radius 3 is 2.61 bits per heavy atom. The predicted molar refractivity (Wildman–Crippen MR) is 93.9 cm³/mol. The maximum Gasteiger partial charge on any atom is 0.250 e. The summed E-state index contributed by atoms with van der Waals surface area (Å²) in [4.78, 5) is 1.96. The molecule has 8 heteroatoms. The van der Waals surface area contributed by atoms with E-state index in [9.17, 15) is 8.42 Å². The van der Waals surface area contributed by atoms with Gasteiger partial charge in [-0.05, 0) is 43.9 Å². The van der Waals surface area contributed by atoms with Crippen molar-refractivity contribution in [1.82, 2.24) is 9.62 Å². The molecule has 0 fully saturated rings. The van der Waals surface area contributed by atoms with Gasteiger partial charge < -0.3 is 9.64 Å². The number of ether oxygens (including phenoxy) is 1. The fraction of sp³-hybridized carbons (Fsp3) is 0.333. The molecule has 0 bridgehead atoms. The number of nitrogens with zero attached hydrogens (tertiary/aromatic N) is 1. The van der Waals surface area contributed by atoms with Crippen LogP contribution in [0, 0.1) is 0 Å². The van der Waals surface area contributed by atoms with Crippen LogP contribution in [0.4, 0.5) is 0 Å². The molecule has 5 nitrogen and oxygen atoms in total. The van der Waals surface area contributed by atoms with Crippen molar-refractivity contribution in [3.8, 4) is 5.75 Å². The van der Waals surface area contributed by atoms with E-state index in [0.29, 0.717) is 4.34 Å². The van der Waals surface area contributed by atoms with Crippen LogP contribution in [-0.4, -0.2) is 41.1 Å². The van der Waals surface area contributed by atoms with E-state index in [-0.39, 0.29) is 16.8 Å². The summed E-state index contributed by atoms with van der Waals surface area (Å²) in [6.07, 6.45) is 0. The SMILES string of the molecule is COc1cccc([C@H](CNS(=O)(=O)c2ccc(Cl)s2)N(C)C)c1. The maximum absolute atomic E-state index is 12.3. The number of rotatable bonds is 7. The molecule has 1 heterocycles. The van der Waals surface area contributed by atoms with E-state index in [1.54, 1.807) is 13.2 Å². The van der Waals surface area contributed by atoms with E-state index in [0.717, 1.165) is 22.6 Å². The first-order valence-electron chi connectivity index (χ1n) is 6.89. The van der Waals surface area contributed by atoms with Gasteiger partial charge >= 0.3 is 0 Å². The molecule has 0 unspecified atom stereocenters. The van der Waals surface area contributed by atoms with Crippen molar-refractivity contribution in [3.63, 3.8) is 0 Å². The van der Waals surface area contributed by atoms with Crippen molar-refractivity contribution in [3.05, 3.63) is 46.3 Å². The summed E-state index contributed by atoms with van der Waals surface area (Å²) in [7, 11) is 1.85. The molecule has 1 aromatic carbocycles. The number of thiophene rings is 1. The smallest absolute Gasteiger partial charge is 0.250 e. The Morgan fingerprint density at radius 1 is 1.30 bits per heavy atom. The third kappa shape index (κ3) is 4.68. The minimum absolute atomic E-state index is 0.115. The first-order valence-corrected chi connectivity index (χ1v) is 9.56. The summed E-state index contributed by atoms with van der Waals surface area (Å²) in [5.74, 6) is 0.738. The fourth-order valence-electron chi connectivity index (χ4n) is 2.15. The van der Waals surface area contributed by atoms with Crippen LogP contribution < -0.4 is 9.46 Å². The Hall–Kier alpha value is -1.12. The maximum atomic E-state index is 12.3. The molecular formula is C15H19ClN2O3S2. The van der Waals surface area contributed by atoms with Crippen molar-refractivity contribution < 1.29 is 13.2 Å². The first kappa shape index (κ1) is 18.2. The van der Waals surface area contributed by atoms with Gasteiger partial charge in [-0.1, -0.05) is 23.7 Å². The summed E-state index contributed by atoms with van der Waals surface area (Å²) in [5.41, 5.74) is 0.973. The summed E-state index contributed by atoms with van der Waals surface area (Å²) < 4.78 is 33.2. The van der Waals surface area contributed by atoms with Crippen molar-refractivity contribution >= 4 is 33.0 Å². The minimum Gasteiger partial charge on any atom is -0.497 e. The third-order valence-electron chi connectivity index (χ3n) is 3.38. The second-order valence-electron chi connectivity index (χ2n) is 5.17. The van der Waals surface area contributed by atoms with Gasteiger partial charge in [-0.3, -0.25) is 0 Å². The second-order valence-corrected chi connectivity index (χ2v) is 8.88. The zero-order valence-corrected chi connectivity index (χ0v) is 15.5. The topological polar surface area (TPSA) is 58.6 Å². The number of nitrogens with one attached hydrogen (secondary N) is 1. The van der Waals surface area contributed by atoms with Crippen molar-refractivity contribution in [2.24, 2.45) is 0 Å². The van der Waals surface area contributed by atoms with Crippen LogP contribution in [0.2, 0.25) is 4.34 Å². The molecule has 0 aliphatic rings. The average molecular weight is 375 g/mol. The molecule has 0 saturated carbocycles. The van der Waals surface area contributed by atoms with Crippen LogP contribution in [0.3, 0.4) is 0 Å². The van der Waals surface area contributed by atoms with E-state index in [2.05, 4.69) is 4.72 Å². The molecule has 0 spiro atoms. The zero-order valence-electron chi connectivity index (χ0n) is 13.1. The quantitative estimate of drug-likeness (QED) is 0.809. The highest BCUT2D eigenvalue weighted by molar-refractivity contribution is 7.91. The standard InChI is InChI=1S/C15H19ClN2O3S2/c1-18(2)13(11-5-4-6-12(9-11)21-3)10-17-23(19,20)15-8-7-14(16)22-15/h4-9,13,17H,10H2,1-3H3/t13-/m0/s1. The lowest BCUT2D eigenvalue weighted by Gasteiger charge is -2.25. The van der Waals surface area contributed by atoms with Crippen molar-refractivity contribution in [2.75, 3.05) is 27.7 Å². The zero-order chi connectivity index (χ0) is 17.0. The number of likely N-dealkylation sites (N-methyl/N-ethyl adjacent to an activating group) is 1. The van der Waals surface area contributed by atoms with E-state index < -0.39 is 10.0 Å². The third-order valence-corrected chi connectivity index (χ3v) is 6.53.